The van der Waals surface area contributed by atoms with Crippen LogP contribution in [0, 0.1) is 11.6 Å². The molecule has 2 N–H and O–H groups in total. The topological polar surface area (TPSA) is 58.2 Å². The zero-order valence-corrected chi connectivity index (χ0v) is 14.2. The first-order chi connectivity index (χ1) is 13.0. The molecule has 3 rings (SSSR count). The zero-order valence-electron chi connectivity index (χ0n) is 14.2. The van der Waals surface area contributed by atoms with Crippen molar-refractivity contribution in [1.82, 2.24) is 5.32 Å². The van der Waals surface area contributed by atoms with Crippen LogP contribution in [0.15, 0.2) is 78.9 Å². The van der Waals surface area contributed by atoms with Crippen LogP contribution in [0.5, 0.6) is 0 Å². The van der Waals surface area contributed by atoms with E-state index in [-0.39, 0.29) is 5.56 Å². The molecule has 0 bridgehead atoms. The van der Waals surface area contributed by atoms with Gasteiger partial charge in [-0.05, 0) is 29.8 Å². The Hall–Kier alpha value is -3.54. The summed E-state index contributed by atoms with van der Waals surface area (Å²) in [4.78, 5) is 25.2. The molecule has 6 heteroatoms. The van der Waals surface area contributed by atoms with Crippen molar-refractivity contribution in [3.05, 3.63) is 102 Å². The fourth-order valence-corrected chi connectivity index (χ4v) is 2.56. The van der Waals surface area contributed by atoms with Crippen LogP contribution in [-0.4, -0.2) is 11.8 Å². The molecule has 0 aliphatic carbocycles. The molecule has 3 aromatic carbocycles. The fraction of sp³-hybridized carbons (Fsp3) is 0.0476. The lowest BCUT2D eigenvalue weighted by Crippen LogP contribution is -2.37. The molecule has 0 fully saturated rings. The smallest absolute Gasteiger partial charge is 0.255 e. The summed E-state index contributed by atoms with van der Waals surface area (Å²) in [6.45, 7) is 0. The molecule has 1 unspecified atom stereocenters. The number of amides is 2. The van der Waals surface area contributed by atoms with Crippen LogP contribution in [0.2, 0.25) is 0 Å². The molecule has 0 aliphatic rings. The first-order valence-electron chi connectivity index (χ1n) is 8.21. The molecule has 0 spiro atoms. The van der Waals surface area contributed by atoms with E-state index in [2.05, 4.69) is 10.6 Å². The standard InChI is InChI=1S/C21H16F2N2O2/c22-15-11-12-17(18(23)13-15)20(26)25-19(14-7-3-1-4-8-14)21(27)24-16-9-5-2-6-10-16/h1-13,19H,(H,24,27)(H,25,26). The molecule has 0 saturated heterocycles. The van der Waals surface area contributed by atoms with Crippen molar-refractivity contribution in [2.24, 2.45) is 0 Å². The highest BCUT2D eigenvalue weighted by Crippen LogP contribution is 2.18. The Kier molecular flexibility index (Phi) is 5.56. The van der Waals surface area contributed by atoms with E-state index in [0.29, 0.717) is 17.3 Å². The van der Waals surface area contributed by atoms with Crippen LogP contribution in [0.1, 0.15) is 22.0 Å². The third-order valence-electron chi connectivity index (χ3n) is 3.89. The van der Waals surface area contributed by atoms with E-state index in [1.165, 1.54) is 0 Å². The number of hydrogen-bond donors (Lipinski definition) is 2. The first kappa shape index (κ1) is 18.3. The van der Waals surface area contributed by atoms with Crippen molar-refractivity contribution in [2.75, 3.05) is 5.32 Å². The van der Waals surface area contributed by atoms with Crippen LogP contribution in [0.25, 0.3) is 0 Å². The number of para-hydroxylation sites is 1. The average molecular weight is 366 g/mol. The molecule has 27 heavy (non-hydrogen) atoms. The molecule has 0 heterocycles. The lowest BCUT2D eigenvalue weighted by molar-refractivity contribution is -0.118. The second-order valence-corrected chi connectivity index (χ2v) is 5.80. The van der Waals surface area contributed by atoms with Gasteiger partial charge in [0, 0.05) is 11.8 Å². The van der Waals surface area contributed by atoms with Crippen LogP contribution in [-0.2, 0) is 4.79 Å². The monoisotopic (exact) mass is 366 g/mol. The summed E-state index contributed by atoms with van der Waals surface area (Å²) in [6, 6.07) is 18.9. The Labute approximate surface area is 154 Å². The van der Waals surface area contributed by atoms with Gasteiger partial charge in [0.15, 0.2) is 0 Å². The van der Waals surface area contributed by atoms with Crippen molar-refractivity contribution >= 4 is 17.5 Å². The lowest BCUT2D eigenvalue weighted by atomic mass is 10.0. The van der Waals surface area contributed by atoms with Gasteiger partial charge in [-0.1, -0.05) is 48.5 Å². The van der Waals surface area contributed by atoms with Gasteiger partial charge in [0.1, 0.15) is 17.7 Å². The number of halogens is 2. The van der Waals surface area contributed by atoms with Crippen molar-refractivity contribution < 1.29 is 18.4 Å². The lowest BCUT2D eigenvalue weighted by Gasteiger charge is -2.19. The number of nitrogens with one attached hydrogen (secondary N) is 2. The third-order valence-corrected chi connectivity index (χ3v) is 3.89. The SMILES string of the molecule is O=C(NC(C(=O)Nc1ccccc1)c1ccccc1)c1ccc(F)cc1F. The second-order valence-electron chi connectivity index (χ2n) is 5.80. The van der Waals surface area contributed by atoms with Crippen molar-refractivity contribution in [3.63, 3.8) is 0 Å². The quantitative estimate of drug-likeness (QED) is 0.715. The van der Waals surface area contributed by atoms with E-state index < -0.39 is 29.5 Å². The Morgan fingerprint density at radius 1 is 0.815 bits per heavy atom. The van der Waals surface area contributed by atoms with Gasteiger partial charge in [0.2, 0.25) is 0 Å². The Morgan fingerprint density at radius 2 is 1.44 bits per heavy atom. The van der Waals surface area contributed by atoms with Crippen LogP contribution >= 0.6 is 0 Å². The zero-order chi connectivity index (χ0) is 19.2. The van der Waals surface area contributed by atoms with Gasteiger partial charge in [-0.3, -0.25) is 9.59 Å². The molecule has 2 amide bonds. The summed E-state index contributed by atoms with van der Waals surface area (Å²) in [5.74, 6) is -3.08. The summed E-state index contributed by atoms with van der Waals surface area (Å²) < 4.78 is 27.0. The van der Waals surface area contributed by atoms with Gasteiger partial charge < -0.3 is 10.6 Å². The van der Waals surface area contributed by atoms with E-state index in [9.17, 15) is 18.4 Å². The number of carbonyl (C=O) groups excluding carboxylic acids is 2. The summed E-state index contributed by atoms with van der Waals surface area (Å²) in [5.41, 5.74) is 0.747. The summed E-state index contributed by atoms with van der Waals surface area (Å²) in [6.07, 6.45) is 0. The normalized spacial score (nSPS) is 11.5. The Bertz CT molecular complexity index is 947. The number of benzene rings is 3. The van der Waals surface area contributed by atoms with Crippen LogP contribution in [0.4, 0.5) is 14.5 Å². The maximum atomic E-state index is 13.9. The van der Waals surface area contributed by atoms with Crippen LogP contribution < -0.4 is 10.6 Å². The van der Waals surface area contributed by atoms with E-state index in [1.54, 1.807) is 54.6 Å². The molecule has 0 saturated carbocycles. The molecular formula is C21H16F2N2O2. The molecule has 1 atom stereocenters. The number of rotatable bonds is 5. The van der Waals surface area contributed by atoms with E-state index >= 15 is 0 Å². The predicted octanol–water partition coefficient (Wildman–Crippen LogP) is 4.07. The van der Waals surface area contributed by atoms with Gasteiger partial charge >= 0.3 is 0 Å². The Morgan fingerprint density at radius 3 is 2.07 bits per heavy atom. The maximum absolute atomic E-state index is 13.9. The van der Waals surface area contributed by atoms with Gasteiger partial charge in [-0.25, -0.2) is 8.78 Å². The molecule has 0 aromatic heterocycles. The van der Waals surface area contributed by atoms with Crippen molar-refractivity contribution in [3.8, 4) is 0 Å². The number of carbonyl (C=O) groups is 2. The van der Waals surface area contributed by atoms with E-state index in [0.717, 1.165) is 12.1 Å². The minimum absolute atomic E-state index is 0.343. The molecule has 0 radical (unpaired) electrons. The highest BCUT2D eigenvalue weighted by Gasteiger charge is 2.24. The van der Waals surface area contributed by atoms with E-state index in [4.69, 9.17) is 0 Å². The van der Waals surface area contributed by atoms with Crippen molar-refractivity contribution in [1.29, 1.82) is 0 Å². The average Bonchev–Trinajstić information content (AvgIpc) is 2.67. The Balaban J connectivity index is 1.86. The molecule has 3 aromatic rings. The second kappa shape index (κ2) is 8.23. The largest absolute Gasteiger partial charge is 0.336 e. The minimum Gasteiger partial charge on any atom is -0.336 e. The summed E-state index contributed by atoms with van der Waals surface area (Å²) in [5, 5.41) is 5.23. The molecular weight excluding hydrogens is 350 g/mol. The predicted molar refractivity (Wildman–Crippen MR) is 98.1 cm³/mol. The van der Waals surface area contributed by atoms with Gasteiger partial charge in [-0.2, -0.15) is 0 Å². The van der Waals surface area contributed by atoms with Gasteiger partial charge in [0.25, 0.3) is 11.8 Å². The fourth-order valence-electron chi connectivity index (χ4n) is 2.56. The first-order valence-corrected chi connectivity index (χ1v) is 8.21. The summed E-state index contributed by atoms with van der Waals surface area (Å²) >= 11 is 0. The van der Waals surface area contributed by atoms with Gasteiger partial charge in [-0.15, -0.1) is 0 Å². The number of anilines is 1. The summed E-state index contributed by atoms with van der Waals surface area (Å²) in [7, 11) is 0. The van der Waals surface area contributed by atoms with E-state index in [1.807, 2.05) is 6.07 Å². The number of hydrogen-bond acceptors (Lipinski definition) is 2. The molecule has 4 nitrogen and oxygen atoms in total. The highest BCUT2D eigenvalue weighted by atomic mass is 19.1. The molecule has 136 valence electrons. The highest BCUT2D eigenvalue weighted by molar-refractivity contribution is 6.01. The third kappa shape index (κ3) is 4.55. The van der Waals surface area contributed by atoms with Crippen molar-refractivity contribution in [2.45, 2.75) is 6.04 Å². The maximum Gasteiger partial charge on any atom is 0.255 e. The van der Waals surface area contributed by atoms with Crippen LogP contribution in [0.3, 0.4) is 0 Å². The minimum atomic E-state index is -1.05. The molecule has 0 aliphatic heterocycles. The van der Waals surface area contributed by atoms with Gasteiger partial charge in [0.05, 0.1) is 5.56 Å².